The van der Waals surface area contributed by atoms with Gasteiger partial charge in [-0.15, -0.1) is 0 Å². The van der Waals surface area contributed by atoms with Gasteiger partial charge in [0.1, 0.15) is 24.4 Å². The lowest BCUT2D eigenvalue weighted by Gasteiger charge is -2.34. The Morgan fingerprint density at radius 1 is 1.33 bits per heavy atom. The normalized spacial score (nSPS) is 43.0. The summed E-state index contributed by atoms with van der Waals surface area (Å²) in [7, 11) is 0. The lowest BCUT2D eigenvalue weighted by molar-refractivity contribution is -0.192. The van der Waals surface area contributed by atoms with Crippen LogP contribution in [0.5, 0.6) is 0 Å². The van der Waals surface area contributed by atoms with Crippen LogP contribution in [-0.2, 0) is 9.03 Å². The molecule has 1 saturated heterocycles. The van der Waals surface area contributed by atoms with E-state index in [0.29, 0.717) is 0 Å². The molecule has 0 aromatic rings. The zero-order valence-corrected chi connectivity index (χ0v) is 7.02. The van der Waals surface area contributed by atoms with Crippen molar-refractivity contribution in [3.8, 4) is 0 Å². The highest BCUT2D eigenvalue weighted by Gasteiger charge is 2.37. The van der Waals surface area contributed by atoms with Crippen molar-refractivity contribution in [2.75, 3.05) is 13.2 Å². The number of ether oxygens (including phenoxy) is 1. The molecule has 0 unspecified atom stereocenters. The third-order valence-electron chi connectivity index (χ3n) is 1.83. The Bertz CT molecular complexity index is 144. The Balaban J connectivity index is 2.46. The monoisotopic (exact) mass is 198 g/mol. The molecule has 0 aromatic carbocycles. The van der Waals surface area contributed by atoms with Crippen LogP contribution in [0, 0.1) is 0 Å². The number of hydrogen-bond donors (Lipinski definition) is 3. The highest BCUT2D eigenvalue weighted by atomic mass is 35.5. The van der Waals surface area contributed by atoms with E-state index in [2.05, 4.69) is 4.29 Å². The molecule has 0 aromatic heterocycles. The lowest BCUT2D eigenvalue weighted by atomic mass is 10.0. The first-order valence-electron chi connectivity index (χ1n) is 3.56. The predicted molar refractivity (Wildman–Crippen MR) is 39.6 cm³/mol. The molecule has 1 fully saturated rings. The van der Waals surface area contributed by atoms with Crippen molar-refractivity contribution < 1.29 is 24.3 Å². The second-order valence-corrected chi connectivity index (χ2v) is 2.91. The van der Waals surface area contributed by atoms with Gasteiger partial charge in [0.05, 0.1) is 25.1 Å². The van der Waals surface area contributed by atoms with Gasteiger partial charge in [0.15, 0.2) is 0 Å². The Morgan fingerprint density at radius 2 is 2.00 bits per heavy atom. The van der Waals surface area contributed by atoms with Crippen molar-refractivity contribution in [3.05, 3.63) is 0 Å². The molecule has 5 nitrogen and oxygen atoms in total. The number of rotatable bonds is 2. The maximum absolute atomic E-state index is 9.27. The van der Waals surface area contributed by atoms with Crippen LogP contribution in [0.25, 0.3) is 0 Å². The van der Waals surface area contributed by atoms with Crippen LogP contribution in [-0.4, -0.2) is 52.9 Å². The maximum Gasteiger partial charge on any atom is 0.111 e. The first kappa shape index (κ1) is 10.2. The Labute approximate surface area is 74.6 Å². The van der Waals surface area contributed by atoms with Gasteiger partial charge in [-0.25, -0.2) is 0 Å². The molecule has 1 aliphatic rings. The summed E-state index contributed by atoms with van der Waals surface area (Å²) in [5.41, 5.74) is 0. The Morgan fingerprint density at radius 3 is 2.58 bits per heavy atom. The zero-order chi connectivity index (χ0) is 9.14. The fraction of sp³-hybridized carbons (Fsp3) is 1.00. The highest BCUT2D eigenvalue weighted by Crippen LogP contribution is 2.15. The van der Waals surface area contributed by atoms with Crippen LogP contribution in [0.1, 0.15) is 0 Å². The lowest BCUT2D eigenvalue weighted by Crippen LogP contribution is -2.54. The van der Waals surface area contributed by atoms with Crippen LogP contribution in [0.3, 0.4) is 0 Å². The van der Waals surface area contributed by atoms with Crippen LogP contribution in [0.15, 0.2) is 0 Å². The van der Waals surface area contributed by atoms with Gasteiger partial charge >= 0.3 is 0 Å². The van der Waals surface area contributed by atoms with E-state index in [4.69, 9.17) is 26.8 Å². The number of aliphatic hydroxyl groups excluding tert-OH is 3. The van der Waals surface area contributed by atoms with Crippen LogP contribution >= 0.6 is 11.9 Å². The van der Waals surface area contributed by atoms with E-state index >= 15 is 0 Å². The van der Waals surface area contributed by atoms with E-state index in [0.717, 1.165) is 0 Å². The van der Waals surface area contributed by atoms with Gasteiger partial charge in [0.2, 0.25) is 0 Å². The maximum atomic E-state index is 9.27. The van der Waals surface area contributed by atoms with E-state index in [1.54, 1.807) is 0 Å². The molecule has 72 valence electrons. The minimum atomic E-state index is -1.20. The summed E-state index contributed by atoms with van der Waals surface area (Å²) in [4.78, 5) is 0. The molecule has 12 heavy (non-hydrogen) atoms. The third kappa shape index (κ3) is 2.07. The summed E-state index contributed by atoms with van der Waals surface area (Å²) in [6.45, 7) is -0.0460. The predicted octanol–water partition coefficient (Wildman–Crippen LogP) is -1.36. The van der Waals surface area contributed by atoms with Gasteiger partial charge < -0.3 is 20.1 Å². The summed E-state index contributed by atoms with van der Waals surface area (Å²) in [5, 5.41) is 27.5. The molecule has 0 aliphatic carbocycles. The van der Waals surface area contributed by atoms with Crippen molar-refractivity contribution in [2.45, 2.75) is 24.4 Å². The molecule has 4 atom stereocenters. The molecular formula is C6H11ClO5. The van der Waals surface area contributed by atoms with Gasteiger partial charge in [0, 0.05) is 0 Å². The largest absolute Gasteiger partial charge is 0.388 e. The van der Waals surface area contributed by atoms with E-state index in [9.17, 15) is 5.11 Å². The summed E-state index contributed by atoms with van der Waals surface area (Å²) in [6.07, 6.45) is -4.09. The minimum Gasteiger partial charge on any atom is -0.388 e. The van der Waals surface area contributed by atoms with E-state index < -0.39 is 24.4 Å². The SMILES string of the molecule is O[C@@H]1[C@H](O)[C@@H](O)CO[C@@H]1COCl. The standard InChI is InChI=1S/C6H11ClO5/c7-12-2-4-6(10)5(9)3(8)1-11-4/h3-6,8-10H,1-2H2/t3-,4+,5+,6-/m0/s1. The average Bonchev–Trinajstić information content (AvgIpc) is 2.07. The van der Waals surface area contributed by atoms with E-state index in [1.807, 2.05) is 0 Å². The molecule has 0 saturated carbocycles. The molecule has 6 heteroatoms. The summed E-state index contributed by atoms with van der Waals surface area (Å²) in [5.74, 6) is 0. The minimum absolute atomic E-state index is 0.0213. The van der Waals surface area contributed by atoms with Crippen molar-refractivity contribution in [2.24, 2.45) is 0 Å². The molecule has 1 aliphatic heterocycles. The van der Waals surface area contributed by atoms with Crippen LogP contribution < -0.4 is 0 Å². The summed E-state index contributed by atoms with van der Waals surface area (Å²) in [6, 6.07) is 0. The van der Waals surface area contributed by atoms with Gasteiger partial charge in [-0.1, -0.05) is 0 Å². The second-order valence-electron chi connectivity index (χ2n) is 2.70. The Hall–Kier alpha value is 0.0900. The fourth-order valence-electron chi connectivity index (χ4n) is 1.08. The molecule has 3 N–H and O–H groups in total. The van der Waals surface area contributed by atoms with Crippen LogP contribution in [0.2, 0.25) is 0 Å². The molecule has 1 rings (SSSR count). The Kier molecular flexibility index (Phi) is 3.70. The highest BCUT2D eigenvalue weighted by molar-refractivity contribution is 6.07. The molecule has 0 amide bonds. The van der Waals surface area contributed by atoms with Crippen molar-refractivity contribution >= 4 is 11.9 Å². The van der Waals surface area contributed by atoms with Crippen molar-refractivity contribution in [1.82, 2.24) is 0 Å². The first-order chi connectivity index (χ1) is 5.66. The molecule has 0 spiro atoms. The topological polar surface area (TPSA) is 79.2 Å². The first-order valence-corrected chi connectivity index (χ1v) is 3.87. The van der Waals surface area contributed by atoms with Crippen molar-refractivity contribution in [3.63, 3.8) is 0 Å². The fourth-order valence-corrected chi connectivity index (χ4v) is 1.20. The molecule has 1 heterocycles. The third-order valence-corrected chi connectivity index (χ3v) is 1.96. The molecule has 0 radical (unpaired) electrons. The second kappa shape index (κ2) is 4.36. The van der Waals surface area contributed by atoms with Crippen molar-refractivity contribution in [1.29, 1.82) is 0 Å². The molecule has 0 bridgehead atoms. The zero-order valence-electron chi connectivity index (χ0n) is 6.26. The smallest absolute Gasteiger partial charge is 0.111 e. The summed E-state index contributed by atoms with van der Waals surface area (Å²) >= 11 is 4.95. The van der Waals surface area contributed by atoms with Gasteiger partial charge in [-0.05, 0) is 0 Å². The van der Waals surface area contributed by atoms with E-state index in [1.165, 1.54) is 0 Å². The number of halogens is 1. The van der Waals surface area contributed by atoms with Gasteiger partial charge in [-0.2, -0.15) is 0 Å². The van der Waals surface area contributed by atoms with E-state index in [-0.39, 0.29) is 13.2 Å². The quantitative estimate of drug-likeness (QED) is 0.511. The number of aliphatic hydroxyl groups is 3. The average molecular weight is 199 g/mol. The van der Waals surface area contributed by atoms with Gasteiger partial charge in [-0.3, -0.25) is 4.29 Å². The number of hydrogen-bond acceptors (Lipinski definition) is 5. The van der Waals surface area contributed by atoms with Crippen LogP contribution in [0.4, 0.5) is 0 Å². The summed E-state index contributed by atoms with van der Waals surface area (Å²) < 4.78 is 9.17. The molecular weight excluding hydrogens is 188 g/mol. The van der Waals surface area contributed by atoms with Gasteiger partial charge in [0.25, 0.3) is 0 Å².